The Labute approximate surface area is 223 Å². The summed E-state index contributed by atoms with van der Waals surface area (Å²) in [6, 6.07) is 6.37. The van der Waals surface area contributed by atoms with Gasteiger partial charge in [0.25, 0.3) is 11.8 Å². The Bertz CT molecular complexity index is 764. The summed E-state index contributed by atoms with van der Waals surface area (Å²) in [6.45, 7) is 5.73. The topological polar surface area (TPSA) is 177 Å². The molecule has 216 valence electrons. The first-order valence-corrected chi connectivity index (χ1v) is 12.6. The molecule has 5 N–H and O–H groups in total. The van der Waals surface area contributed by atoms with E-state index in [4.69, 9.17) is 39.3 Å². The van der Waals surface area contributed by atoms with Crippen LogP contribution < -0.4 is 16.4 Å². The van der Waals surface area contributed by atoms with Crippen LogP contribution in [0.3, 0.4) is 0 Å². The average molecular weight is 544 g/mol. The maximum absolute atomic E-state index is 12.2. The van der Waals surface area contributed by atoms with Crippen LogP contribution in [0.15, 0.2) is 24.3 Å². The van der Waals surface area contributed by atoms with Crippen LogP contribution in [0.2, 0.25) is 0 Å². The van der Waals surface area contributed by atoms with Gasteiger partial charge in [-0.15, -0.1) is 0 Å². The zero-order valence-electron chi connectivity index (χ0n) is 21.8. The van der Waals surface area contributed by atoms with Gasteiger partial charge in [0.2, 0.25) is 0 Å². The van der Waals surface area contributed by atoms with Gasteiger partial charge in [-0.3, -0.25) is 14.4 Å². The van der Waals surface area contributed by atoms with Gasteiger partial charge in [0.05, 0.1) is 85.7 Å². The number of nitrogens with two attached hydrogens (primary N) is 1. The summed E-state index contributed by atoms with van der Waals surface area (Å²) in [5, 5.41) is 14.0. The van der Waals surface area contributed by atoms with Crippen LogP contribution in [0.5, 0.6) is 0 Å². The predicted octanol–water partition coefficient (Wildman–Crippen LogP) is -0.321. The highest BCUT2D eigenvalue weighted by molar-refractivity contribution is 5.97. The third-order valence-corrected chi connectivity index (χ3v) is 4.68. The van der Waals surface area contributed by atoms with Crippen LogP contribution in [-0.4, -0.2) is 122 Å². The zero-order chi connectivity index (χ0) is 27.7. The van der Waals surface area contributed by atoms with Gasteiger partial charge < -0.3 is 49.9 Å². The molecule has 0 saturated carbocycles. The Balaban J connectivity index is 1.99. The highest BCUT2D eigenvalue weighted by Crippen LogP contribution is 2.04. The number of ether oxygens (including phenoxy) is 6. The molecule has 0 heterocycles. The average Bonchev–Trinajstić information content (AvgIpc) is 2.92. The summed E-state index contributed by atoms with van der Waals surface area (Å²) >= 11 is 0. The maximum atomic E-state index is 12.2. The standard InChI is InChI=1S/C25H41N3O10/c26-6-10-34-14-15-35-11-7-27-24(31)21-1-3-22(4-2-21)25(32)28-8-12-36-16-18-38-20-19-37-17-13-33-9-5-23(29)30/h1-4H,5-20,26H2,(H,27,31)(H,28,32)(H,29,30). The van der Waals surface area contributed by atoms with Crippen LogP contribution in [0.1, 0.15) is 27.1 Å². The van der Waals surface area contributed by atoms with Crippen molar-refractivity contribution in [2.75, 3.05) is 98.9 Å². The number of carbonyl (C=O) groups is 3. The number of carbonyl (C=O) groups excluding carboxylic acids is 2. The number of carboxylic acid groups (broad SMARTS) is 1. The lowest BCUT2D eigenvalue weighted by molar-refractivity contribution is -0.138. The summed E-state index contributed by atoms with van der Waals surface area (Å²) in [5.41, 5.74) is 6.21. The number of rotatable bonds is 25. The number of hydrogen-bond donors (Lipinski definition) is 4. The van der Waals surface area contributed by atoms with Crippen molar-refractivity contribution in [3.05, 3.63) is 35.4 Å². The first-order chi connectivity index (χ1) is 18.5. The highest BCUT2D eigenvalue weighted by atomic mass is 16.6. The molecule has 13 nitrogen and oxygen atoms in total. The summed E-state index contributed by atoms with van der Waals surface area (Å²) in [4.78, 5) is 34.7. The molecule has 0 atom stereocenters. The fourth-order valence-corrected chi connectivity index (χ4v) is 2.78. The van der Waals surface area contributed by atoms with Crippen LogP contribution in [0.25, 0.3) is 0 Å². The third kappa shape index (κ3) is 18.6. The molecule has 0 saturated heterocycles. The Morgan fingerprint density at radius 1 is 0.579 bits per heavy atom. The lowest BCUT2D eigenvalue weighted by Gasteiger charge is -2.09. The molecular formula is C25H41N3O10. The van der Waals surface area contributed by atoms with E-state index < -0.39 is 5.97 Å². The third-order valence-electron chi connectivity index (χ3n) is 4.68. The molecule has 0 unspecified atom stereocenters. The van der Waals surface area contributed by atoms with Crippen molar-refractivity contribution < 1.29 is 47.9 Å². The Morgan fingerprint density at radius 3 is 1.29 bits per heavy atom. The van der Waals surface area contributed by atoms with Crippen LogP contribution >= 0.6 is 0 Å². The van der Waals surface area contributed by atoms with Gasteiger partial charge in [0.15, 0.2) is 0 Å². The van der Waals surface area contributed by atoms with Crippen LogP contribution in [-0.2, 0) is 33.2 Å². The SMILES string of the molecule is NCCOCCOCCNC(=O)c1ccc(C(=O)NCCOCCOCCOCCOCCC(=O)O)cc1. The van der Waals surface area contributed by atoms with Crippen LogP contribution in [0, 0.1) is 0 Å². The minimum atomic E-state index is -0.892. The van der Waals surface area contributed by atoms with Crippen molar-refractivity contribution >= 4 is 17.8 Å². The van der Waals surface area contributed by atoms with Gasteiger partial charge in [0, 0.05) is 30.8 Å². The van der Waals surface area contributed by atoms with E-state index in [0.29, 0.717) is 103 Å². The molecule has 0 bridgehead atoms. The number of benzene rings is 1. The van der Waals surface area contributed by atoms with Crippen molar-refractivity contribution in [1.82, 2.24) is 10.6 Å². The van der Waals surface area contributed by atoms with Gasteiger partial charge in [-0.2, -0.15) is 0 Å². The fraction of sp³-hybridized carbons (Fsp3) is 0.640. The van der Waals surface area contributed by atoms with E-state index in [2.05, 4.69) is 10.6 Å². The summed E-state index contributed by atoms with van der Waals surface area (Å²) < 4.78 is 31.7. The van der Waals surface area contributed by atoms with Gasteiger partial charge >= 0.3 is 5.97 Å². The molecular weight excluding hydrogens is 502 g/mol. The van der Waals surface area contributed by atoms with E-state index >= 15 is 0 Å². The second-order valence-corrected chi connectivity index (χ2v) is 7.70. The lowest BCUT2D eigenvalue weighted by Crippen LogP contribution is -2.29. The smallest absolute Gasteiger partial charge is 0.305 e. The Morgan fingerprint density at radius 2 is 0.921 bits per heavy atom. The number of carboxylic acids is 1. The molecule has 0 aliphatic rings. The Kier molecular flexibility index (Phi) is 20.6. The van der Waals surface area contributed by atoms with Gasteiger partial charge in [-0.05, 0) is 24.3 Å². The van der Waals surface area contributed by atoms with Crippen molar-refractivity contribution in [2.24, 2.45) is 5.73 Å². The van der Waals surface area contributed by atoms with Crippen molar-refractivity contribution in [3.63, 3.8) is 0 Å². The van der Waals surface area contributed by atoms with Gasteiger partial charge in [-0.25, -0.2) is 0 Å². The molecule has 0 aromatic heterocycles. The van der Waals surface area contributed by atoms with Crippen molar-refractivity contribution in [3.8, 4) is 0 Å². The molecule has 0 aliphatic carbocycles. The van der Waals surface area contributed by atoms with E-state index in [0.717, 1.165) is 0 Å². The fourth-order valence-electron chi connectivity index (χ4n) is 2.78. The van der Waals surface area contributed by atoms with Gasteiger partial charge in [-0.1, -0.05) is 0 Å². The highest BCUT2D eigenvalue weighted by Gasteiger charge is 2.08. The van der Waals surface area contributed by atoms with E-state index in [-0.39, 0.29) is 24.8 Å². The molecule has 2 amide bonds. The molecule has 0 fully saturated rings. The molecule has 1 aromatic rings. The predicted molar refractivity (Wildman–Crippen MR) is 137 cm³/mol. The summed E-state index contributed by atoms with van der Waals surface area (Å²) in [7, 11) is 0. The molecule has 0 aliphatic heterocycles. The van der Waals surface area contributed by atoms with E-state index in [1.807, 2.05) is 0 Å². The monoisotopic (exact) mass is 543 g/mol. The molecule has 38 heavy (non-hydrogen) atoms. The quantitative estimate of drug-likeness (QED) is 0.119. The number of nitrogens with one attached hydrogen (secondary N) is 2. The number of hydrogen-bond acceptors (Lipinski definition) is 10. The van der Waals surface area contributed by atoms with Crippen molar-refractivity contribution in [2.45, 2.75) is 6.42 Å². The van der Waals surface area contributed by atoms with E-state index in [1.54, 1.807) is 24.3 Å². The summed E-state index contributed by atoms with van der Waals surface area (Å²) in [6.07, 6.45) is -0.0223. The summed E-state index contributed by atoms with van der Waals surface area (Å²) in [5.74, 6) is -1.40. The second kappa shape index (κ2) is 23.5. The molecule has 1 aromatic carbocycles. The van der Waals surface area contributed by atoms with Gasteiger partial charge in [0.1, 0.15) is 0 Å². The Hall–Kier alpha value is -2.65. The minimum absolute atomic E-state index is 0.0223. The van der Waals surface area contributed by atoms with Crippen molar-refractivity contribution in [1.29, 1.82) is 0 Å². The zero-order valence-corrected chi connectivity index (χ0v) is 21.8. The molecule has 13 heteroatoms. The first-order valence-electron chi connectivity index (χ1n) is 12.6. The van der Waals surface area contributed by atoms with E-state index in [1.165, 1.54) is 0 Å². The normalized spacial score (nSPS) is 10.9. The lowest BCUT2D eigenvalue weighted by atomic mass is 10.1. The first kappa shape index (κ1) is 33.4. The largest absolute Gasteiger partial charge is 0.481 e. The minimum Gasteiger partial charge on any atom is -0.481 e. The number of amides is 2. The number of aliphatic carboxylic acids is 1. The molecule has 0 spiro atoms. The van der Waals surface area contributed by atoms with Crippen LogP contribution in [0.4, 0.5) is 0 Å². The molecule has 1 rings (SSSR count). The van der Waals surface area contributed by atoms with E-state index in [9.17, 15) is 14.4 Å². The maximum Gasteiger partial charge on any atom is 0.305 e. The molecule has 0 radical (unpaired) electrons. The second-order valence-electron chi connectivity index (χ2n) is 7.70.